The van der Waals surface area contributed by atoms with E-state index in [2.05, 4.69) is 17.1 Å². The Labute approximate surface area is 113 Å². The zero-order valence-corrected chi connectivity index (χ0v) is 12.0. The van der Waals surface area contributed by atoms with Gasteiger partial charge in [0, 0.05) is 31.7 Å². The fourth-order valence-corrected chi connectivity index (χ4v) is 4.04. The maximum absolute atomic E-state index is 3.80. The lowest BCUT2D eigenvalue weighted by Gasteiger charge is -2.41. The summed E-state index contributed by atoms with van der Waals surface area (Å²) in [4.78, 5) is 2.77. The van der Waals surface area contributed by atoms with Gasteiger partial charge in [0.2, 0.25) is 0 Å². The van der Waals surface area contributed by atoms with Crippen molar-refractivity contribution in [3.63, 3.8) is 0 Å². The molecule has 104 valence electrons. The van der Waals surface area contributed by atoms with E-state index in [1.807, 2.05) is 0 Å². The van der Waals surface area contributed by atoms with Crippen LogP contribution in [0.5, 0.6) is 0 Å². The van der Waals surface area contributed by atoms with Gasteiger partial charge in [0.25, 0.3) is 0 Å². The summed E-state index contributed by atoms with van der Waals surface area (Å²) in [5.74, 6) is 2.04. The molecule has 2 atom stereocenters. The summed E-state index contributed by atoms with van der Waals surface area (Å²) in [5, 5.41) is 3.80. The molecule has 3 rings (SSSR count). The molecular weight excluding hydrogens is 220 g/mol. The molecule has 1 heterocycles. The molecule has 3 aliphatic rings. The summed E-state index contributed by atoms with van der Waals surface area (Å²) in [7, 11) is 0. The third-order valence-electron chi connectivity index (χ3n) is 5.45. The van der Waals surface area contributed by atoms with Crippen LogP contribution >= 0.6 is 0 Å². The van der Waals surface area contributed by atoms with Crippen LogP contribution in [0.25, 0.3) is 0 Å². The van der Waals surface area contributed by atoms with Gasteiger partial charge in [0.1, 0.15) is 0 Å². The molecule has 0 aromatic rings. The van der Waals surface area contributed by atoms with Crippen molar-refractivity contribution in [1.29, 1.82) is 0 Å². The summed E-state index contributed by atoms with van der Waals surface area (Å²) in [5.41, 5.74) is 0. The lowest BCUT2D eigenvalue weighted by atomic mass is 9.83. The highest BCUT2D eigenvalue weighted by Crippen LogP contribution is 2.35. The second kappa shape index (κ2) is 5.92. The number of rotatable bonds is 4. The number of nitrogens with zero attached hydrogens (tertiary/aromatic N) is 1. The van der Waals surface area contributed by atoms with Gasteiger partial charge in [-0.15, -0.1) is 0 Å². The van der Waals surface area contributed by atoms with E-state index in [-0.39, 0.29) is 0 Å². The summed E-state index contributed by atoms with van der Waals surface area (Å²) in [6, 6.07) is 1.62. The third-order valence-corrected chi connectivity index (χ3v) is 5.45. The molecule has 1 saturated heterocycles. The van der Waals surface area contributed by atoms with Crippen molar-refractivity contribution in [2.24, 2.45) is 11.8 Å². The molecule has 2 heteroatoms. The molecule has 3 fully saturated rings. The van der Waals surface area contributed by atoms with E-state index in [1.165, 1.54) is 71.0 Å². The first-order valence-corrected chi connectivity index (χ1v) is 8.30. The Kier molecular flexibility index (Phi) is 4.25. The molecule has 0 radical (unpaired) electrons. The minimum absolute atomic E-state index is 0.792. The van der Waals surface area contributed by atoms with Crippen LogP contribution in [0.1, 0.15) is 58.3 Å². The lowest BCUT2D eigenvalue weighted by molar-refractivity contribution is 0.108. The molecule has 18 heavy (non-hydrogen) atoms. The van der Waals surface area contributed by atoms with E-state index in [1.54, 1.807) is 0 Å². The SMILES string of the molecule is CC(CC1CC1)N1CCNC(C2CCCCC2)C1. The highest BCUT2D eigenvalue weighted by Gasteiger charge is 2.32. The highest BCUT2D eigenvalue weighted by atomic mass is 15.2. The van der Waals surface area contributed by atoms with Crippen molar-refractivity contribution in [2.75, 3.05) is 19.6 Å². The van der Waals surface area contributed by atoms with Crippen molar-refractivity contribution in [3.8, 4) is 0 Å². The van der Waals surface area contributed by atoms with Gasteiger partial charge in [0.05, 0.1) is 0 Å². The van der Waals surface area contributed by atoms with Gasteiger partial charge in [-0.2, -0.15) is 0 Å². The molecule has 2 aliphatic carbocycles. The van der Waals surface area contributed by atoms with Crippen molar-refractivity contribution in [2.45, 2.75) is 70.4 Å². The predicted molar refractivity (Wildman–Crippen MR) is 76.7 cm³/mol. The molecule has 1 aliphatic heterocycles. The Morgan fingerprint density at radius 2 is 1.89 bits per heavy atom. The topological polar surface area (TPSA) is 15.3 Å². The fourth-order valence-electron chi connectivity index (χ4n) is 4.04. The van der Waals surface area contributed by atoms with E-state index < -0.39 is 0 Å². The summed E-state index contributed by atoms with van der Waals surface area (Å²) in [6.07, 6.45) is 11.8. The predicted octanol–water partition coefficient (Wildman–Crippen LogP) is 3.03. The van der Waals surface area contributed by atoms with E-state index >= 15 is 0 Å². The quantitative estimate of drug-likeness (QED) is 0.825. The van der Waals surface area contributed by atoms with Crippen LogP contribution in [0.2, 0.25) is 0 Å². The normalized spacial score (nSPS) is 33.5. The van der Waals surface area contributed by atoms with Crippen LogP contribution in [0.15, 0.2) is 0 Å². The average molecular weight is 250 g/mol. The van der Waals surface area contributed by atoms with Crippen LogP contribution in [0.4, 0.5) is 0 Å². The second-order valence-corrected chi connectivity index (χ2v) is 6.98. The maximum Gasteiger partial charge on any atom is 0.0223 e. The number of nitrogens with one attached hydrogen (secondary N) is 1. The highest BCUT2D eigenvalue weighted by molar-refractivity contribution is 4.89. The second-order valence-electron chi connectivity index (χ2n) is 6.98. The van der Waals surface area contributed by atoms with Gasteiger partial charge >= 0.3 is 0 Å². The van der Waals surface area contributed by atoms with Gasteiger partial charge in [-0.3, -0.25) is 4.90 Å². The summed E-state index contributed by atoms with van der Waals surface area (Å²) < 4.78 is 0. The number of hydrogen-bond donors (Lipinski definition) is 1. The average Bonchev–Trinajstić information content (AvgIpc) is 3.24. The van der Waals surface area contributed by atoms with E-state index in [9.17, 15) is 0 Å². The Balaban J connectivity index is 1.50. The molecule has 0 aromatic carbocycles. The monoisotopic (exact) mass is 250 g/mol. The van der Waals surface area contributed by atoms with Crippen LogP contribution in [0, 0.1) is 11.8 Å². The standard InChI is InChI=1S/C16H30N2/c1-13(11-14-7-8-14)18-10-9-17-16(12-18)15-5-3-2-4-6-15/h13-17H,2-12H2,1H3. The largest absolute Gasteiger partial charge is 0.311 e. The lowest BCUT2D eigenvalue weighted by Crippen LogP contribution is -2.56. The zero-order chi connectivity index (χ0) is 12.4. The van der Waals surface area contributed by atoms with Crippen molar-refractivity contribution < 1.29 is 0 Å². The first-order chi connectivity index (χ1) is 8.83. The van der Waals surface area contributed by atoms with Gasteiger partial charge < -0.3 is 5.32 Å². The zero-order valence-electron chi connectivity index (χ0n) is 12.0. The number of piperazine rings is 1. The van der Waals surface area contributed by atoms with Crippen LogP contribution < -0.4 is 5.32 Å². The Hall–Kier alpha value is -0.0800. The molecule has 2 unspecified atom stereocenters. The summed E-state index contributed by atoms with van der Waals surface area (Å²) >= 11 is 0. The van der Waals surface area contributed by atoms with Crippen molar-refractivity contribution >= 4 is 0 Å². The van der Waals surface area contributed by atoms with Crippen LogP contribution in [-0.4, -0.2) is 36.6 Å². The first-order valence-electron chi connectivity index (χ1n) is 8.30. The Bertz CT molecular complexity index is 256. The molecular formula is C16H30N2. The van der Waals surface area contributed by atoms with Crippen LogP contribution in [0.3, 0.4) is 0 Å². The van der Waals surface area contributed by atoms with Gasteiger partial charge in [0.15, 0.2) is 0 Å². The van der Waals surface area contributed by atoms with E-state index in [0.717, 1.165) is 23.9 Å². The van der Waals surface area contributed by atoms with E-state index in [0.29, 0.717) is 0 Å². The summed E-state index contributed by atoms with van der Waals surface area (Å²) in [6.45, 7) is 6.27. The molecule has 0 amide bonds. The Morgan fingerprint density at radius 3 is 2.61 bits per heavy atom. The first kappa shape index (κ1) is 12.9. The number of hydrogen-bond acceptors (Lipinski definition) is 2. The minimum Gasteiger partial charge on any atom is -0.311 e. The van der Waals surface area contributed by atoms with Crippen molar-refractivity contribution in [1.82, 2.24) is 10.2 Å². The maximum atomic E-state index is 3.80. The molecule has 2 nitrogen and oxygen atoms in total. The molecule has 2 saturated carbocycles. The van der Waals surface area contributed by atoms with Gasteiger partial charge in [-0.05, 0) is 38.0 Å². The fraction of sp³-hybridized carbons (Fsp3) is 1.00. The molecule has 0 bridgehead atoms. The van der Waals surface area contributed by atoms with Gasteiger partial charge in [-0.25, -0.2) is 0 Å². The molecule has 0 spiro atoms. The molecule has 0 aromatic heterocycles. The minimum atomic E-state index is 0.792. The van der Waals surface area contributed by atoms with Crippen LogP contribution in [-0.2, 0) is 0 Å². The Morgan fingerprint density at radius 1 is 1.11 bits per heavy atom. The van der Waals surface area contributed by atoms with Crippen molar-refractivity contribution in [3.05, 3.63) is 0 Å². The van der Waals surface area contributed by atoms with Gasteiger partial charge in [-0.1, -0.05) is 32.1 Å². The van der Waals surface area contributed by atoms with E-state index in [4.69, 9.17) is 0 Å². The molecule has 1 N–H and O–H groups in total. The third kappa shape index (κ3) is 3.27. The smallest absolute Gasteiger partial charge is 0.0223 e.